The summed E-state index contributed by atoms with van der Waals surface area (Å²) in [5, 5.41) is 0. The third-order valence-electron chi connectivity index (χ3n) is 1.63. The Morgan fingerprint density at radius 2 is 2.62 bits per heavy atom. The maximum atomic E-state index is 10.9. The molecule has 1 aliphatic rings. The molecular formula is C9H13NO3. The first-order valence-electron chi connectivity index (χ1n) is 4.34. The Bertz CT molecular complexity index is 223. The van der Waals surface area contributed by atoms with E-state index < -0.39 is 5.91 Å². The molecule has 1 heterocycles. The Kier molecular flexibility index (Phi) is 4.30. The van der Waals surface area contributed by atoms with Crippen molar-refractivity contribution in [1.82, 2.24) is 5.48 Å². The predicted octanol–water partition coefficient (Wildman–Crippen LogP) is 0.0940. The van der Waals surface area contributed by atoms with Crippen LogP contribution in [0.4, 0.5) is 0 Å². The standard InChI is InChI=1S/C9H13NO3/c1-2-13-10-9(11)4-3-8-5-6-12-7-8/h8H,2,5-7H2,1H3,(H,10,11). The molecule has 0 aromatic rings. The second-order valence-electron chi connectivity index (χ2n) is 2.69. The highest BCUT2D eigenvalue weighted by atomic mass is 16.6. The molecular weight excluding hydrogens is 170 g/mol. The molecule has 0 spiro atoms. The van der Waals surface area contributed by atoms with Crippen LogP contribution in [0.25, 0.3) is 0 Å². The second kappa shape index (κ2) is 5.57. The van der Waals surface area contributed by atoms with Crippen molar-refractivity contribution in [2.45, 2.75) is 13.3 Å². The van der Waals surface area contributed by atoms with Gasteiger partial charge in [-0.1, -0.05) is 5.92 Å². The zero-order chi connectivity index (χ0) is 9.52. The van der Waals surface area contributed by atoms with E-state index in [-0.39, 0.29) is 5.92 Å². The largest absolute Gasteiger partial charge is 0.380 e. The molecule has 0 bridgehead atoms. The molecule has 1 unspecified atom stereocenters. The fraction of sp³-hybridized carbons (Fsp3) is 0.667. The molecule has 13 heavy (non-hydrogen) atoms. The van der Waals surface area contributed by atoms with Gasteiger partial charge in [0, 0.05) is 12.5 Å². The van der Waals surface area contributed by atoms with Crippen molar-refractivity contribution in [2.75, 3.05) is 19.8 Å². The summed E-state index contributed by atoms with van der Waals surface area (Å²) >= 11 is 0. The van der Waals surface area contributed by atoms with Crippen molar-refractivity contribution in [3.05, 3.63) is 0 Å². The third-order valence-corrected chi connectivity index (χ3v) is 1.63. The molecule has 0 saturated carbocycles. The van der Waals surface area contributed by atoms with Crippen LogP contribution in [0.1, 0.15) is 13.3 Å². The van der Waals surface area contributed by atoms with Gasteiger partial charge in [0.05, 0.1) is 13.2 Å². The minimum absolute atomic E-state index is 0.201. The average Bonchev–Trinajstić information content (AvgIpc) is 2.64. The first-order valence-corrected chi connectivity index (χ1v) is 4.34. The van der Waals surface area contributed by atoms with Gasteiger partial charge in [-0.25, -0.2) is 5.48 Å². The lowest BCUT2D eigenvalue weighted by molar-refractivity contribution is -0.127. The van der Waals surface area contributed by atoms with Gasteiger partial charge >= 0.3 is 5.91 Å². The van der Waals surface area contributed by atoms with E-state index in [0.717, 1.165) is 13.0 Å². The number of rotatable bonds is 2. The number of carbonyl (C=O) groups is 1. The molecule has 4 nitrogen and oxygen atoms in total. The summed E-state index contributed by atoms with van der Waals surface area (Å²) in [6.45, 7) is 3.61. The van der Waals surface area contributed by atoms with Gasteiger partial charge in [0.2, 0.25) is 0 Å². The van der Waals surface area contributed by atoms with Gasteiger partial charge < -0.3 is 4.74 Å². The number of amides is 1. The van der Waals surface area contributed by atoms with Crippen LogP contribution < -0.4 is 5.48 Å². The quantitative estimate of drug-likeness (QED) is 0.487. The Morgan fingerprint density at radius 1 is 1.77 bits per heavy atom. The van der Waals surface area contributed by atoms with Crippen LogP contribution >= 0.6 is 0 Å². The summed E-state index contributed by atoms with van der Waals surface area (Å²) in [5.74, 6) is 5.08. The molecule has 1 N–H and O–H groups in total. The van der Waals surface area contributed by atoms with E-state index in [4.69, 9.17) is 4.74 Å². The molecule has 0 aliphatic carbocycles. The molecule has 0 aromatic heterocycles. The van der Waals surface area contributed by atoms with Crippen molar-refractivity contribution in [3.8, 4) is 11.8 Å². The first-order chi connectivity index (χ1) is 6.33. The lowest BCUT2D eigenvalue weighted by Crippen LogP contribution is -2.21. The number of carbonyl (C=O) groups excluding carboxylic acids is 1. The topological polar surface area (TPSA) is 47.6 Å². The molecule has 1 atom stereocenters. The molecule has 1 fully saturated rings. The summed E-state index contributed by atoms with van der Waals surface area (Å²) in [6.07, 6.45) is 0.912. The van der Waals surface area contributed by atoms with Crippen molar-refractivity contribution < 1.29 is 14.4 Å². The molecule has 1 rings (SSSR count). The number of hydrogen-bond acceptors (Lipinski definition) is 3. The minimum atomic E-state index is -0.395. The maximum Gasteiger partial charge on any atom is 0.319 e. The summed E-state index contributed by atoms with van der Waals surface area (Å²) in [7, 11) is 0. The summed E-state index contributed by atoms with van der Waals surface area (Å²) in [4.78, 5) is 15.6. The molecule has 72 valence electrons. The Hall–Kier alpha value is -1.05. The summed E-state index contributed by atoms with van der Waals surface area (Å²) in [5.41, 5.74) is 2.20. The van der Waals surface area contributed by atoms with E-state index in [1.807, 2.05) is 0 Å². The van der Waals surface area contributed by atoms with Crippen LogP contribution in [0.15, 0.2) is 0 Å². The van der Waals surface area contributed by atoms with Crippen LogP contribution in [0.2, 0.25) is 0 Å². The van der Waals surface area contributed by atoms with Crippen LogP contribution in [0.3, 0.4) is 0 Å². The van der Waals surface area contributed by atoms with Gasteiger partial charge in [-0.2, -0.15) is 0 Å². The van der Waals surface area contributed by atoms with E-state index in [1.165, 1.54) is 0 Å². The van der Waals surface area contributed by atoms with Gasteiger partial charge in [-0.05, 0) is 19.3 Å². The van der Waals surface area contributed by atoms with Gasteiger partial charge in [0.15, 0.2) is 0 Å². The molecule has 1 aliphatic heterocycles. The zero-order valence-corrected chi connectivity index (χ0v) is 7.63. The van der Waals surface area contributed by atoms with Gasteiger partial charge in [0.25, 0.3) is 0 Å². The van der Waals surface area contributed by atoms with Crippen LogP contribution in [-0.2, 0) is 14.4 Å². The average molecular weight is 183 g/mol. The highest BCUT2D eigenvalue weighted by Gasteiger charge is 2.12. The minimum Gasteiger partial charge on any atom is -0.380 e. The predicted molar refractivity (Wildman–Crippen MR) is 46.5 cm³/mol. The lowest BCUT2D eigenvalue weighted by Gasteiger charge is -1.97. The highest BCUT2D eigenvalue weighted by Crippen LogP contribution is 2.09. The first kappa shape index (κ1) is 10.0. The number of hydrogen-bond donors (Lipinski definition) is 1. The van der Waals surface area contributed by atoms with E-state index in [1.54, 1.807) is 6.92 Å². The lowest BCUT2D eigenvalue weighted by atomic mass is 10.1. The summed E-state index contributed by atoms with van der Waals surface area (Å²) < 4.78 is 5.11. The maximum absolute atomic E-state index is 10.9. The third kappa shape index (κ3) is 3.92. The Balaban J connectivity index is 2.24. The number of ether oxygens (including phenoxy) is 1. The van der Waals surface area contributed by atoms with Crippen molar-refractivity contribution in [3.63, 3.8) is 0 Å². The number of nitrogens with one attached hydrogen (secondary N) is 1. The fourth-order valence-electron chi connectivity index (χ4n) is 0.979. The SMILES string of the molecule is CCONC(=O)C#CC1CCOC1. The van der Waals surface area contributed by atoms with E-state index in [9.17, 15) is 4.79 Å². The fourth-order valence-corrected chi connectivity index (χ4v) is 0.979. The van der Waals surface area contributed by atoms with Crippen LogP contribution in [-0.4, -0.2) is 25.7 Å². The normalized spacial score (nSPS) is 20.5. The van der Waals surface area contributed by atoms with E-state index >= 15 is 0 Å². The molecule has 1 amide bonds. The van der Waals surface area contributed by atoms with Gasteiger partial charge in [-0.15, -0.1) is 0 Å². The van der Waals surface area contributed by atoms with E-state index in [2.05, 4.69) is 22.2 Å². The van der Waals surface area contributed by atoms with Gasteiger partial charge in [-0.3, -0.25) is 9.63 Å². The Labute approximate surface area is 77.5 Å². The van der Waals surface area contributed by atoms with Crippen molar-refractivity contribution in [2.24, 2.45) is 5.92 Å². The molecule has 0 radical (unpaired) electrons. The van der Waals surface area contributed by atoms with Crippen LogP contribution in [0, 0.1) is 17.8 Å². The molecule has 1 saturated heterocycles. The van der Waals surface area contributed by atoms with E-state index in [0.29, 0.717) is 13.2 Å². The summed E-state index contributed by atoms with van der Waals surface area (Å²) in [6, 6.07) is 0. The number of hydroxylamine groups is 1. The second-order valence-corrected chi connectivity index (χ2v) is 2.69. The monoisotopic (exact) mass is 183 g/mol. The molecule has 0 aromatic carbocycles. The smallest absolute Gasteiger partial charge is 0.319 e. The zero-order valence-electron chi connectivity index (χ0n) is 7.63. The van der Waals surface area contributed by atoms with Gasteiger partial charge in [0.1, 0.15) is 0 Å². The highest BCUT2D eigenvalue weighted by molar-refractivity contribution is 5.92. The molecule has 4 heteroatoms. The van der Waals surface area contributed by atoms with Crippen LogP contribution in [0.5, 0.6) is 0 Å². The van der Waals surface area contributed by atoms with Crippen molar-refractivity contribution >= 4 is 5.91 Å². The Morgan fingerprint density at radius 3 is 3.23 bits per heavy atom. The van der Waals surface area contributed by atoms with Crippen molar-refractivity contribution in [1.29, 1.82) is 0 Å².